The molecule has 1 aliphatic carbocycles. The molecule has 2 amide bonds. The van der Waals surface area contributed by atoms with Crippen LogP contribution < -0.4 is 5.32 Å². The Hall–Kier alpha value is -3.89. The van der Waals surface area contributed by atoms with Crippen molar-refractivity contribution in [3.63, 3.8) is 0 Å². The van der Waals surface area contributed by atoms with Crippen molar-refractivity contribution >= 4 is 29.3 Å². The van der Waals surface area contributed by atoms with Gasteiger partial charge in [0.15, 0.2) is 5.78 Å². The molecule has 0 radical (unpaired) electrons. The van der Waals surface area contributed by atoms with Crippen molar-refractivity contribution in [2.75, 3.05) is 25.0 Å². The molecular weight excluding hydrogens is 465 g/mol. The van der Waals surface area contributed by atoms with E-state index in [1.807, 2.05) is 11.8 Å². The predicted molar refractivity (Wildman–Crippen MR) is 121 cm³/mol. The van der Waals surface area contributed by atoms with Crippen LogP contribution in [0.25, 0.3) is 0 Å². The first kappa shape index (κ1) is 24.2. The number of amides is 2. The maximum atomic E-state index is 13.5. The van der Waals surface area contributed by atoms with Crippen molar-refractivity contribution in [2.24, 2.45) is 10.9 Å². The van der Waals surface area contributed by atoms with E-state index in [4.69, 9.17) is 0 Å². The molecule has 1 unspecified atom stereocenters. The van der Waals surface area contributed by atoms with Gasteiger partial charge in [0.2, 0.25) is 0 Å². The molecular formula is C24H23F3N4O4. The van der Waals surface area contributed by atoms with Crippen molar-refractivity contribution in [1.29, 1.82) is 0 Å². The maximum Gasteiger partial charge on any atom is 0.419 e. The minimum absolute atomic E-state index is 0.196. The van der Waals surface area contributed by atoms with Crippen molar-refractivity contribution in [3.05, 3.63) is 65.0 Å². The first-order valence-corrected chi connectivity index (χ1v) is 11.0. The van der Waals surface area contributed by atoms with E-state index in [0.29, 0.717) is 18.3 Å². The molecule has 4 rings (SSSR count). The summed E-state index contributed by atoms with van der Waals surface area (Å²) >= 11 is 0. The van der Waals surface area contributed by atoms with E-state index in [1.54, 1.807) is 30.3 Å². The van der Waals surface area contributed by atoms with Crippen LogP contribution in [0.15, 0.2) is 70.0 Å². The van der Waals surface area contributed by atoms with Gasteiger partial charge in [-0.15, -0.1) is 0 Å². The van der Waals surface area contributed by atoms with E-state index in [2.05, 4.69) is 10.3 Å². The number of carbonyl (C=O) groups is 3. The first-order chi connectivity index (χ1) is 16.5. The largest absolute Gasteiger partial charge is 0.465 e. The number of alkyl halides is 3. The molecule has 35 heavy (non-hydrogen) atoms. The number of Topliss-reactive ketones (excluding diaryl/α,β-unsaturated/α-hetero) is 1. The van der Waals surface area contributed by atoms with E-state index in [0.717, 1.165) is 17.2 Å². The number of benzene rings is 1. The predicted octanol–water partition coefficient (Wildman–Crippen LogP) is 3.96. The molecule has 1 atom stereocenters. The van der Waals surface area contributed by atoms with Crippen molar-refractivity contribution in [1.82, 2.24) is 9.80 Å². The summed E-state index contributed by atoms with van der Waals surface area (Å²) in [6.07, 6.45) is -4.30. The summed E-state index contributed by atoms with van der Waals surface area (Å²) in [5.74, 6) is -0.959. The van der Waals surface area contributed by atoms with Crippen LogP contribution in [0.5, 0.6) is 0 Å². The van der Waals surface area contributed by atoms with Gasteiger partial charge in [-0.2, -0.15) is 13.2 Å². The molecule has 1 aromatic rings. The molecule has 3 aliphatic rings. The van der Waals surface area contributed by atoms with Crippen LogP contribution >= 0.6 is 0 Å². The number of carboxylic acid groups (broad SMARTS) is 1. The fraction of sp³-hybridized carbons (Fsp3) is 0.333. The van der Waals surface area contributed by atoms with E-state index in [-0.39, 0.29) is 29.3 Å². The number of hydrogen-bond donors (Lipinski definition) is 2. The van der Waals surface area contributed by atoms with Crippen LogP contribution in [0.3, 0.4) is 0 Å². The highest BCUT2D eigenvalue weighted by Gasteiger charge is 2.42. The number of allylic oxidation sites excluding steroid dienone is 1. The number of ketones is 1. The van der Waals surface area contributed by atoms with Gasteiger partial charge in [0.1, 0.15) is 5.84 Å². The molecule has 2 aliphatic heterocycles. The third-order valence-corrected chi connectivity index (χ3v) is 6.16. The van der Waals surface area contributed by atoms with Crippen LogP contribution in [-0.2, 0) is 9.59 Å². The van der Waals surface area contributed by atoms with Gasteiger partial charge in [-0.05, 0) is 30.2 Å². The van der Waals surface area contributed by atoms with Crippen molar-refractivity contribution in [3.8, 4) is 0 Å². The molecule has 0 spiro atoms. The topological polar surface area (TPSA) is 102 Å². The molecule has 11 heteroatoms. The lowest BCUT2D eigenvalue weighted by atomic mass is 9.89. The average molecular weight is 488 g/mol. The van der Waals surface area contributed by atoms with Gasteiger partial charge < -0.3 is 15.3 Å². The smallest absolute Gasteiger partial charge is 0.419 e. The van der Waals surface area contributed by atoms with Crippen LogP contribution in [0.2, 0.25) is 0 Å². The summed E-state index contributed by atoms with van der Waals surface area (Å²) in [6, 6.07) is 8.22. The minimum Gasteiger partial charge on any atom is -0.465 e. The quantitative estimate of drug-likeness (QED) is 0.653. The second kappa shape index (κ2) is 9.40. The number of fused-ring (bicyclic) bond motifs is 1. The highest BCUT2D eigenvalue weighted by Crippen LogP contribution is 2.35. The zero-order valence-corrected chi connectivity index (χ0v) is 18.8. The number of anilines is 1. The zero-order valence-electron chi connectivity index (χ0n) is 18.8. The number of carbonyl (C=O) groups excluding carboxylic acids is 2. The zero-order chi connectivity index (χ0) is 25.3. The second-order valence-electron chi connectivity index (χ2n) is 8.57. The van der Waals surface area contributed by atoms with Crippen LogP contribution in [0, 0.1) is 5.92 Å². The molecule has 0 bridgehead atoms. The Morgan fingerprint density at radius 2 is 1.97 bits per heavy atom. The fourth-order valence-corrected chi connectivity index (χ4v) is 4.31. The van der Waals surface area contributed by atoms with Gasteiger partial charge in [-0.3, -0.25) is 14.5 Å². The third kappa shape index (κ3) is 5.13. The van der Waals surface area contributed by atoms with Gasteiger partial charge in [-0.1, -0.05) is 25.1 Å². The van der Waals surface area contributed by atoms with E-state index >= 15 is 0 Å². The van der Waals surface area contributed by atoms with Crippen LogP contribution in [0.4, 0.5) is 23.7 Å². The maximum absolute atomic E-state index is 13.5. The summed E-state index contributed by atoms with van der Waals surface area (Å²) in [5.41, 5.74) is -1.17. The monoisotopic (exact) mass is 488 g/mol. The Morgan fingerprint density at radius 3 is 2.63 bits per heavy atom. The molecule has 2 N–H and O–H groups in total. The summed E-state index contributed by atoms with van der Waals surface area (Å²) in [5, 5.41) is 12.4. The summed E-state index contributed by atoms with van der Waals surface area (Å²) in [7, 11) is 0. The Morgan fingerprint density at radius 1 is 1.26 bits per heavy atom. The second-order valence-corrected chi connectivity index (χ2v) is 8.57. The normalized spacial score (nSPS) is 20.1. The molecule has 2 heterocycles. The van der Waals surface area contributed by atoms with Gasteiger partial charge in [0.25, 0.3) is 5.91 Å². The lowest BCUT2D eigenvalue weighted by molar-refractivity contribution is -0.129. The van der Waals surface area contributed by atoms with E-state index < -0.39 is 42.5 Å². The molecule has 8 nitrogen and oxygen atoms in total. The SMILES string of the molecule is CC1CCN2CC(N(CC3=C(C(=O)Nc4ccccc4)CC(=O)C(C(F)(F)F)=C3)C(=O)O)=CN=C12. The van der Waals surface area contributed by atoms with Gasteiger partial charge >= 0.3 is 12.3 Å². The number of nitrogens with one attached hydrogen (secondary N) is 1. The van der Waals surface area contributed by atoms with Gasteiger partial charge in [-0.25, -0.2) is 9.79 Å². The Kier molecular flexibility index (Phi) is 6.51. The molecule has 1 fully saturated rings. The number of aliphatic imine (C=N–C) groups is 1. The standard InChI is InChI=1S/C24H23F3N4O4/c1-14-7-8-30-13-17(11-28-21(14)30)31(23(34)35)12-15-9-19(24(25,26)27)20(32)10-18(15)22(33)29-16-5-3-2-4-6-16/h2-6,9,11,14H,7-8,10,12-13H2,1H3,(H,29,33)(H,34,35). The highest BCUT2D eigenvalue weighted by molar-refractivity contribution is 6.12. The third-order valence-electron chi connectivity index (χ3n) is 6.16. The lowest BCUT2D eigenvalue weighted by Gasteiger charge is -2.31. The van der Waals surface area contributed by atoms with E-state index in [9.17, 15) is 32.7 Å². The first-order valence-electron chi connectivity index (χ1n) is 11.0. The number of amidine groups is 1. The number of para-hydroxylation sites is 1. The van der Waals surface area contributed by atoms with Crippen LogP contribution in [-0.4, -0.2) is 64.3 Å². The summed E-state index contributed by atoms with van der Waals surface area (Å²) < 4.78 is 40.5. The molecule has 1 aromatic carbocycles. The van der Waals surface area contributed by atoms with Crippen molar-refractivity contribution < 1.29 is 32.7 Å². The molecule has 1 saturated heterocycles. The molecule has 184 valence electrons. The van der Waals surface area contributed by atoms with Gasteiger partial charge in [0, 0.05) is 30.1 Å². The Balaban J connectivity index is 1.70. The summed E-state index contributed by atoms with van der Waals surface area (Å²) in [6.45, 7) is 2.38. The number of halogens is 3. The summed E-state index contributed by atoms with van der Waals surface area (Å²) in [4.78, 5) is 44.5. The van der Waals surface area contributed by atoms with Crippen LogP contribution in [0.1, 0.15) is 19.8 Å². The fourth-order valence-electron chi connectivity index (χ4n) is 4.31. The van der Waals surface area contributed by atoms with Gasteiger partial charge in [0.05, 0.1) is 30.6 Å². The number of hydrogen-bond acceptors (Lipinski definition) is 5. The average Bonchev–Trinajstić information content (AvgIpc) is 3.17. The number of rotatable bonds is 5. The highest BCUT2D eigenvalue weighted by atomic mass is 19.4. The number of nitrogens with zero attached hydrogens (tertiary/aromatic N) is 3. The minimum atomic E-state index is -4.94. The molecule has 0 aromatic heterocycles. The van der Waals surface area contributed by atoms with Crippen molar-refractivity contribution in [2.45, 2.75) is 25.9 Å². The lowest BCUT2D eigenvalue weighted by Crippen LogP contribution is -2.41. The Bertz CT molecular complexity index is 1180. The Labute approximate surface area is 199 Å². The molecule has 0 saturated carbocycles. The van der Waals surface area contributed by atoms with E-state index in [1.165, 1.54) is 6.20 Å².